The second-order valence-electron chi connectivity index (χ2n) is 8.14. The van der Waals surface area contributed by atoms with Crippen molar-refractivity contribution in [2.45, 2.75) is 76.7 Å². The van der Waals surface area contributed by atoms with Gasteiger partial charge in [-0.1, -0.05) is 49.6 Å². The Kier molecular flexibility index (Phi) is 6.47. The summed E-state index contributed by atoms with van der Waals surface area (Å²) in [4.78, 5) is 0. The van der Waals surface area contributed by atoms with E-state index < -0.39 is 0 Å². The van der Waals surface area contributed by atoms with Crippen LogP contribution in [0.5, 0.6) is 5.75 Å². The molecule has 2 aromatic carbocycles. The first-order valence-corrected chi connectivity index (χ1v) is 10.8. The maximum absolute atomic E-state index is 5.85. The maximum atomic E-state index is 5.85. The molecule has 2 nitrogen and oxygen atoms in total. The van der Waals surface area contributed by atoms with Gasteiger partial charge in [-0.05, 0) is 85.8 Å². The zero-order chi connectivity index (χ0) is 18.3. The highest BCUT2D eigenvalue weighted by atomic mass is 16.7. The summed E-state index contributed by atoms with van der Waals surface area (Å²) in [6.07, 6.45) is 14.1. The molecule has 0 radical (unpaired) electrons. The zero-order valence-electron chi connectivity index (χ0n) is 16.4. The van der Waals surface area contributed by atoms with Crippen LogP contribution < -0.4 is 4.74 Å². The van der Waals surface area contributed by atoms with Gasteiger partial charge >= 0.3 is 0 Å². The lowest BCUT2D eigenvalue weighted by molar-refractivity contribution is -0.0496. The minimum atomic E-state index is 0.374. The molecule has 0 amide bonds. The monoisotopic (exact) mass is 364 g/mol. The minimum absolute atomic E-state index is 0.374. The van der Waals surface area contributed by atoms with E-state index in [0.717, 1.165) is 18.6 Å². The Hall–Kier alpha value is -1.80. The van der Waals surface area contributed by atoms with Gasteiger partial charge < -0.3 is 9.47 Å². The molecule has 0 heterocycles. The summed E-state index contributed by atoms with van der Waals surface area (Å²) in [5, 5.41) is 0. The number of aryl methyl sites for hydroxylation is 4. The summed E-state index contributed by atoms with van der Waals surface area (Å²) in [5.41, 5.74) is 5.99. The van der Waals surface area contributed by atoms with E-state index in [1.54, 1.807) is 11.1 Å². The molecule has 0 aliphatic heterocycles. The SMILES string of the molecule is c1cc(OCOC2CCCCC2)ccc1CCc1ccc2c(c1)CCCC2. The molecule has 144 valence electrons. The Labute approximate surface area is 163 Å². The molecule has 0 saturated heterocycles. The number of ether oxygens (including phenoxy) is 2. The van der Waals surface area contributed by atoms with Crippen LogP contribution in [0, 0.1) is 0 Å². The number of hydrogen-bond acceptors (Lipinski definition) is 2. The van der Waals surface area contributed by atoms with Crippen molar-refractivity contribution in [3.63, 3.8) is 0 Å². The average molecular weight is 365 g/mol. The molecule has 0 bridgehead atoms. The zero-order valence-corrected chi connectivity index (χ0v) is 16.4. The van der Waals surface area contributed by atoms with Crippen LogP contribution >= 0.6 is 0 Å². The summed E-state index contributed by atoms with van der Waals surface area (Å²) in [7, 11) is 0. The molecule has 1 fully saturated rings. The van der Waals surface area contributed by atoms with E-state index in [9.17, 15) is 0 Å². The summed E-state index contributed by atoms with van der Waals surface area (Å²) >= 11 is 0. The van der Waals surface area contributed by atoms with E-state index in [1.165, 1.54) is 68.9 Å². The molecule has 0 spiro atoms. The van der Waals surface area contributed by atoms with Crippen molar-refractivity contribution >= 4 is 0 Å². The van der Waals surface area contributed by atoms with Gasteiger partial charge in [0.25, 0.3) is 0 Å². The number of rotatable bonds is 7. The predicted molar refractivity (Wildman–Crippen MR) is 110 cm³/mol. The van der Waals surface area contributed by atoms with Gasteiger partial charge in [0.2, 0.25) is 0 Å². The molecule has 2 aliphatic rings. The van der Waals surface area contributed by atoms with Crippen LogP contribution in [0.1, 0.15) is 67.2 Å². The van der Waals surface area contributed by atoms with Crippen molar-refractivity contribution < 1.29 is 9.47 Å². The quantitative estimate of drug-likeness (QED) is 0.558. The molecular formula is C25H32O2. The highest BCUT2D eigenvalue weighted by molar-refractivity contribution is 5.34. The molecule has 0 aromatic heterocycles. The summed E-state index contributed by atoms with van der Waals surface area (Å²) in [6.45, 7) is 0.374. The van der Waals surface area contributed by atoms with Crippen LogP contribution in [-0.4, -0.2) is 12.9 Å². The van der Waals surface area contributed by atoms with Gasteiger partial charge in [-0.25, -0.2) is 0 Å². The van der Waals surface area contributed by atoms with Crippen molar-refractivity contribution in [3.8, 4) is 5.75 Å². The molecule has 1 saturated carbocycles. The highest BCUT2D eigenvalue weighted by Gasteiger charge is 2.13. The van der Waals surface area contributed by atoms with Crippen molar-refractivity contribution in [2.24, 2.45) is 0 Å². The lowest BCUT2D eigenvalue weighted by Crippen LogP contribution is -2.19. The molecule has 0 unspecified atom stereocenters. The van der Waals surface area contributed by atoms with Crippen LogP contribution in [0.3, 0.4) is 0 Å². The second kappa shape index (κ2) is 9.41. The van der Waals surface area contributed by atoms with Crippen LogP contribution in [0.4, 0.5) is 0 Å². The lowest BCUT2D eigenvalue weighted by atomic mass is 9.89. The number of fused-ring (bicyclic) bond motifs is 1. The number of hydrogen-bond donors (Lipinski definition) is 0. The molecule has 27 heavy (non-hydrogen) atoms. The Morgan fingerprint density at radius 3 is 2.22 bits per heavy atom. The van der Waals surface area contributed by atoms with Crippen molar-refractivity contribution in [1.29, 1.82) is 0 Å². The van der Waals surface area contributed by atoms with E-state index in [0.29, 0.717) is 12.9 Å². The van der Waals surface area contributed by atoms with Gasteiger partial charge in [0.15, 0.2) is 6.79 Å². The third-order valence-electron chi connectivity index (χ3n) is 6.12. The van der Waals surface area contributed by atoms with Crippen LogP contribution in [-0.2, 0) is 30.4 Å². The van der Waals surface area contributed by atoms with Crippen LogP contribution in [0.2, 0.25) is 0 Å². The van der Waals surface area contributed by atoms with E-state index in [1.807, 2.05) is 0 Å². The predicted octanol–water partition coefficient (Wildman–Crippen LogP) is 6.04. The Balaban J connectivity index is 1.23. The van der Waals surface area contributed by atoms with Gasteiger partial charge in [0.05, 0.1) is 6.10 Å². The molecule has 2 aliphatic carbocycles. The third kappa shape index (κ3) is 5.35. The highest BCUT2D eigenvalue weighted by Crippen LogP contribution is 2.23. The lowest BCUT2D eigenvalue weighted by Gasteiger charge is -2.21. The maximum Gasteiger partial charge on any atom is 0.189 e. The van der Waals surface area contributed by atoms with Gasteiger partial charge in [-0.2, -0.15) is 0 Å². The molecule has 2 aromatic rings. The Morgan fingerprint density at radius 1 is 0.704 bits per heavy atom. The largest absolute Gasteiger partial charge is 0.468 e. The van der Waals surface area contributed by atoms with Crippen molar-refractivity contribution in [3.05, 3.63) is 64.7 Å². The third-order valence-corrected chi connectivity index (χ3v) is 6.12. The summed E-state index contributed by atoms with van der Waals surface area (Å²) < 4.78 is 11.6. The smallest absolute Gasteiger partial charge is 0.189 e. The Bertz CT molecular complexity index is 714. The fourth-order valence-corrected chi connectivity index (χ4v) is 4.41. The van der Waals surface area contributed by atoms with Crippen molar-refractivity contribution in [2.75, 3.05) is 6.79 Å². The average Bonchev–Trinajstić information content (AvgIpc) is 2.74. The van der Waals surface area contributed by atoms with Crippen LogP contribution in [0.25, 0.3) is 0 Å². The van der Waals surface area contributed by atoms with E-state index in [4.69, 9.17) is 9.47 Å². The molecule has 0 N–H and O–H groups in total. The Morgan fingerprint density at radius 2 is 1.41 bits per heavy atom. The molecule has 2 heteroatoms. The fourth-order valence-electron chi connectivity index (χ4n) is 4.41. The molecule has 4 rings (SSSR count). The summed E-state index contributed by atoms with van der Waals surface area (Å²) in [5.74, 6) is 0.906. The first-order valence-electron chi connectivity index (χ1n) is 10.8. The summed E-state index contributed by atoms with van der Waals surface area (Å²) in [6, 6.07) is 15.6. The molecular weight excluding hydrogens is 332 g/mol. The van der Waals surface area contributed by atoms with Crippen LogP contribution in [0.15, 0.2) is 42.5 Å². The minimum Gasteiger partial charge on any atom is -0.468 e. The standard InChI is InChI=1S/C25H32O2/c1-2-8-24(9-3-1)26-19-27-25-16-13-20(14-17-25)10-11-21-12-15-22-6-4-5-7-23(22)18-21/h12-18,24H,1-11,19H2. The topological polar surface area (TPSA) is 18.5 Å². The second-order valence-corrected chi connectivity index (χ2v) is 8.14. The number of benzene rings is 2. The van der Waals surface area contributed by atoms with E-state index in [2.05, 4.69) is 42.5 Å². The van der Waals surface area contributed by atoms with Gasteiger partial charge in [0, 0.05) is 0 Å². The van der Waals surface area contributed by atoms with Gasteiger partial charge in [0.1, 0.15) is 5.75 Å². The van der Waals surface area contributed by atoms with Gasteiger partial charge in [-0.3, -0.25) is 0 Å². The normalized spacial score (nSPS) is 17.5. The first kappa shape index (κ1) is 18.6. The molecule has 0 atom stereocenters. The van der Waals surface area contributed by atoms with Gasteiger partial charge in [-0.15, -0.1) is 0 Å². The van der Waals surface area contributed by atoms with E-state index >= 15 is 0 Å². The fraction of sp³-hybridized carbons (Fsp3) is 0.520. The first-order chi connectivity index (χ1) is 13.4. The van der Waals surface area contributed by atoms with E-state index in [-0.39, 0.29) is 0 Å². The van der Waals surface area contributed by atoms with Crippen molar-refractivity contribution in [1.82, 2.24) is 0 Å².